The highest BCUT2D eigenvalue weighted by atomic mass is 32.2. The summed E-state index contributed by atoms with van der Waals surface area (Å²) in [5.41, 5.74) is 4.16. The Balaban J connectivity index is 1.58. The fourth-order valence-electron chi connectivity index (χ4n) is 2.14. The number of phenols is 1. The molecule has 0 aliphatic heterocycles. The number of hydrazone groups is 1. The number of thiazole rings is 1. The quantitative estimate of drug-likeness (QED) is 0.383. The molecule has 134 valence electrons. The molecule has 0 radical (unpaired) electrons. The van der Waals surface area contributed by atoms with Crippen molar-refractivity contribution < 1.29 is 14.6 Å². The fourth-order valence-corrected chi connectivity index (χ4v) is 4.35. The first-order valence-corrected chi connectivity index (χ1v) is 9.48. The molecule has 1 amide bonds. The van der Waals surface area contributed by atoms with Crippen LogP contribution in [-0.4, -0.2) is 34.6 Å². The SMILES string of the molecule is COc1cc(/C=N\NC(=O)[C@H](C)Sc2nc3ccccc3s2)ccc1O. The first-order valence-electron chi connectivity index (χ1n) is 7.79. The van der Waals surface area contributed by atoms with Crippen LogP contribution in [0, 0.1) is 0 Å². The molecule has 26 heavy (non-hydrogen) atoms. The molecule has 1 aromatic heterocycles. The Morgan fingerprint density at radius 3 is 2.96 bits per heavy atom. The van der Waals surface area contributed by atoms with E-state index in [-0.39, 0.29) is 16.9 Å². The summed E-state index contributed by atoms with van der Waals surface area (Å²) in [6.07, 6.45) is 1.49. The van der Waals surface area contributed by atoms with Crippen LogP contribution < -0.4 is 10.2 Å². The number of rotatable bonds is 6. The molecule has 0 aliphatic rings. The van der Waals surface area contributed by atoms with Crippen molar-refractivity contribution in [2.24, 2.45) is 5.10 Å². The van der Waals surface area contributed by atoms with Crippen LogP contribution in [0.4, 0.5) is 0 Å². The Hall–Kier alpha value is -2.58. The third-order valence-corrected chi connectivity index (χ3v) is 5.74. The first-order chi connectivity index (χ1) is 12.6. The average Bonchev–Trinajstić information content (AvgIpc) is 3.05. The van der Waals surface area contributed by atoms with Crippen molar-refractivity contribution in [3.05, 3.63) is 48.0 Å². The maximum atomic E-state index is 12.2. The van der Waals surface area contributed by atoms with Crippen molar-refractivity contribution in [2.45, 2.75) is 16.5 Å². The predicted octanol–water partition coefficient (Wildman–Crippen LogP) is 3.64. The molecule has 0 aliphatic carbocycles. The molecule has 2 N–H and O–H groups in total. The number of ether oxygens (including phenoxy) is 1. The van der Waals surface area contributed by atoms with Crippen LogP contribution in [0.5, 0.6) is 11.5 Å². The number of aromatic hydroxyl groups is 1. The van der Waals surface area contributed by atoms with E-state index in [0.717, 1.165) is 14.6 Å². The summed E-state index contributed by atoms with van der Waals surface area (Å²) >= 11 is 2.97. The van der Waals surface area contributed by atoms with Gasteiger partial charge in [-0.3, -0.25) is 4.79 Å². The number of hydrogen-bond donors (Lipinski definition) is 2. The van der Waals surface area contributed by atoms with Gasteiger partial charge in [-0.25, -0.2) is 10.4 Å². The van der Waals surface area contributed by atoms with Gasteiger partial charge < -0.3 is 9.84 Å². The highest BCUT2D eigenvalue weighted by Gasteiger charge is 2.16. The molecule has 0 fully saturated rings. The molecule has 0 unspecified atom stereocenters. The Morgan fingerprint density at radius 1 is 1.38 bits per heavy atom. The lowest BCUT2D eigenvalue weighted by Gasteiger charge is -2.07. The third kappa shape index (κ3) is 4.33. The van der Waals surface area contributed by atoms with Crippen LogP contribution in [0.25, 0.3) is 10.2 Å². The second kappa shape index (κ2) is 8.20. The Bertz CT molecular complexity index is 923. The van der Waals surface area contributed by atoms with Gasteiger partial charge in [-0.1, -0.05) is 23.9 Å². The molecular formula is C18H17N3O3S2. The van der Waals surface area contributed by atoms with Crippen LogP contribution in [-0.2, 0) is 4.79 Å². The minimum atomic E-state index is -0.331. The number of benzene rings is 2. The molecule has 0 saturated carbocycles. The second-order valence-electron chi connectivity index (χ2n) is 5.37. The summed E-state index contributed by atoms with van der Waals surface area (Å²) in [6.45, 7) is 1.81. The Morgan fingerprint density at radius 2 is 2.19 bits per heavy atom. The summed E-state index contributed by atoms with van der Waals surface area (Å²) in [6, 6.07) is 12.7. The minimum absolute atomic E-state index is 0.0505. The molecule has 1 heterocycles. The number of methoxy groups -OCH3 is 1. The maximum absolute atomic E-state index is 12.2. The van der Waals surface area contributed by atoms with E-state index in [0.29, 0.717) is 11.3 Å². The van der Waals surface area contributed by atoms with E-state index >= 15 is 0 Å². The van der Waals surface area contributed by atoms with Crippen LogP contribution in [0.3, 0.4) is 0 Å². The van der Waals surface area contributed by atoms with Gasteiger partial charge in [-0.15, -0.1) is 11.3 Å². The smallest absolute Gasteiger partial charge is 0.253 e. The predicted molar refractivity (Wildman–Crippen MR) is 105 cm³/mol. The molecule has 3 rings (SSSR count). The molecule has 0 spiro atoms. The molecule has 0 bridgehead atoms. The van der Waals surface area contributed by atoms with Gasteiger partial charge in [0.05, 0.1) is 28.8 Å². The maximum Gasteiger partial charge on any atom is 0.253 e. The zero-order valence-electron chi connectivity index (χ0n) is 14.2. The highest BCUT2D eigenvalue weighted by molar-refractivity contribution is 8.02. The van der Waals surface area contributed by atoms with Crippen molar-refractivity contribution in [1.82, 2.24) is 10.4 Å². The minimum Gasteiger partial charge on any atom is -0.504 e. The van der Waals surface area contributed by atoms with Gasteiger partial charge in [0.1, 0.15) is 0 Å². The number of amides is 1. The average molecular weight is 387 g/mol. The van der Waals surface area contributed by atoms with Gasteiger partial charge in [0, 0.05) is 0 Å². The van der Waals surface area contributed by atoms with E-state index in [9.17, 15) is 9.90 Å². The van der Waals surface area contributed by atoms with E-state index < -0.39 is 0 Å². The number of aromatic nitrogens is 1. The zero-order chi connectivity index (χ0) is 18.5. The zero-order valence-corrected chi connectivity index (χ0v) is 15.8. The van der Waals surface area contributed by atoms with Gasteiger partial charge in [-0.2, -0.15) is 5.10 Å². The van der Waals surface area contributed by atoms with Gasteiger partial charge in [0.2, 0.25) is 0 Å². The van der Waals surface area contributed by atoms with E-state index in [1.165, 1.54) is 31.2 Å². The molecule has 2 aromatic carbocycles. The number of carbonyl (C=O) groups excluding carboxylic acids is 1. The van der Waals surface area contributed by atoms with E-state index in [2.05, 4.69) is 15.5 Å². The van der Waals surface area contributed by atoms with Gasteiger partial charge in [0.15, 0.2) is 15.8 Å². The lowest BCUT2D eigenvalue weighted by atomic mass is 10.2. The monoisotopic (exact) mass is 387 g/mol. The van der Waals surface area contributed by atoms with Crippen molar-refractivity contribution in [1.29, 1.82) is 0 Å². The van der Waals surface area contributed by atoms with Crippen molar-refractivity contribution >= 4 is 45.4 Å². The summed E-state index contributed by atoms with van der Waals surface area (Å²) in [5.74, 6) is 0.186. The number of thioether (sulfide) groups is 1. The topological polar surface area (TPSA) is 83.8 Å². The fraction of sp³-hybridized carbons (Fsp3) is 0.167. The molecule has 8 heteroatoms. The standard InChI is InChI=1S/C18H17N3O3S2/c1-11(25-18-20-13-5-3-4-6-16(13)26-18)17(23)21-19-10-12-7-8-14(22)15(9-12)24-2/h3-11,22H,1-2H3,(H,21,23)/b19-10-/t11-/m0/s1. The highest BCUT2D eigenvalue weighted by Crippen LogP contribution is 2.31. The number of hydrogen-bond acceptors (Lipinski definition) is 7. The number of para-hydroxylation sites is 1. The van der Waals surface area contributed by atoms with Gasteiger partial charge in [-0.05, 0) is 42.8 Å². The summed E-state index contributed by atoms with van der Waals surface area (Å²) in [7, 11) is 1.47. The Labute approximate surface area is 158 Å². The summed E-state index contributed by atoms with van der Waals surface area (Å²) < 4.78 is 6.98. The Kier molecular flexibility index (Phi) is 5.75. The van der Waals surface area contributed by atoms with Gasteiger partial charge in [0.25, 0.3) is 5.91 Å². The normalized spacial score (nSPS) is 12.4. The summed E-state index contributed by atoms with van der Waals surface area (Å²) in [4.78, 5) is 16.7. The number of nitrogens with one attached hydrogen (secondary N) is 1. The molecule has 0 saturated heterocycles. The molecular weight excluding hydrogens is 370 g/mol. The molecule has 3 aromatic rings. The van der Waals surface area contributed by atoms with Crippen LogP contribution in [0.15, 0.2) is 51.9 Å². The number of nitrogens with zero attached hydrogens (tertiary/aromatic N) is 2. The molecule has 1 atom stereocenters. The number of carbonyl (C=O) groups is 1. The van der Waals surface area contributed by atoms with Crippen LogP contribution in [0.2, 0.25) is 0 Å². The van der Waals surface area contributed by atoms with E-state index in [1.807, 2.05) is 31.2 Å². The van der Waals surface area contributed by atoms with Crippen molar-refractivity contribution in [2.75, 3.05) is 7.11 Å². The van der Waals surface area contributed by atoms with Gasteiger partial charge >= 0.3 is 0 Å². The van der Waals surface area contributed by atoms with Crippen LogP contribution >= 0.6 is 23.1 Å². The largest absolute Gasteiger partial charge is 0.504 e. The van der Waals surface area contributed by atoms with Crippen molar-refractivity contribution in [3.63, 3.8) is 0 Å². The first kappa shape index (κ1) is 18.2. The van der Waals surface area contributed by atoms with E-state index in [4.69, 9.17) is 4.74 Å². The molecule has 6 nitrogen and oxygen atoms in total. The number of fused-ring (bicyclic) bond motifs is 1. The second-order valence-corrected chi connectivity index (χ2v) is 7.99. The third-order valence-electron chi connectivity index (χ3n) is 3.51. The number of phenolic OH excluding ortho intramolecular Hbond substituents is 1. The summed E-state index contributed by atoms with van der Waals surface area (Å²) in [5, 5.41) is 13.2. The van der Waals surface area contributed by atoms with E-state index in [1.54, 1.807) is 23.5 Å². The lowest BCUT2D eigenvalue weighted by Crippen LogP contribution is -2.26. The van der Waals surface area contributed by atoms with Crippen LogP contribution in [0.1, 0.15) is 12.5 Å². The van der Waals surface area contributed by atoms with Crippen molar-refractivity contribution in [3.8, 4) is 11.5 Å². The lowest BCUT2D eigenvalue weighted by molar-refractivity contribution is -0.120.